The number of carboxylic acids is 1. The molecule has 6 amide bonds. The Balaban J connectivity index is 1.14. The second kappa shape index (κ2) is 22.0. The van der Waals surface area contributed by atoms with E-state index in [9.17, 15) is 60.0 Å². The van der Waals surface area contributed by atoms with Crippen molar-refractivity contribution in [1.82, 2.24) is 31.9 Å². The van der Waals surface area contributed by atoms with Crippen molar-refractivity contribution in [3.8, 4) is 80.1 Å². The third kappa shape index (κ3) is 10.9. The number of nitrogens with one attached hydrogen (secondary N) is 6. The number of ether oxygens (including phenoxy) is 3. The first-order valence-electron chi connectivity index (χ1n) is 25.5. The predicted molar refractivity (Wildman–Crippen MR) is 295 cm³/mol. The molecule has 25 nitrogen and oxygen atoms in total. The minimum Gasteiger partial charge on any atom is -0.508 e. The molecule has 0 aliphatic carbocycles. The number of carboxylic acid groups (broad SMARTS) is 1. The van der Waals surface area contributed by atoms with Gasteiger partial charge < -0.3 is 92.7 Å². The van der Waals surface area contributed by atoms with Crippen LogP contribution in [0.4, 0.5) is 0 Å². The molecular formula is C58H45Cl2N7O18. The Hall–Kier alpha value is -10.5. The van der Waals surface area contributed by atoms with E-state index in [2.05, 4.69) is 31.9 Å². The summed E-state index contributed by atoms with van der Waals surface area (Å²) in [5.74, 6) is -14.9. The lowest BCUT2D eigenvalue weighted by atomic mass is 9.89. The third-order valence-electron chi connectivity index (χ3n) is 14.4. The zero-order valence-electron chi connectivity index (χ0n) is 43.3. The molecule has 6 heterocycles. The van der Waals surface area contributed by atoms with E-state index >= 15 is 14.4 Å². The summed E-state index contributed by atoms with van der Waals surface area (Å²) in [5, 5.41) is 105. The Morgan fingerprint density at radius 3 is 1.74 bits per heavy atom. The standard InChI is InChI=1S/C58H45Cl2N7O18/c59-32-9-21-1-7-38(32)84-41-16-26-17-42(51(41)74)85-39-8-4-24(14-33(39)60)50(73)49-57(80)66-48(58(81)82)31-19-28(69)20-37(72)43(31)30-13-23(3-5-35(30)70)45(54(77)67-49)64-56(79)47(26)65-55(78)46-25-11-27(68)18-29(12-25)83-40-15-22(2-6-36(40)71)44(61)53(76)62-34(10-21)52(75)63-46/h1-9,11-20,34,44-50,68-74H,10,61H2,(H,62,76)(H,63,75)(H,64,79)(H,65,78)(H,66,80)(H,67,77)(H,81,82)/t34-,44-,45+,46+,47-,48+,49+,50-/m1/s1. The normalized spacial score (nSPS) is 22.0. The van der Waals surface area contributed by atoms with Crippen LogP contribution in [0.2, 0.25) is 10.0 Å². The van der Waals surface area contributed by atoms with Crippen molar-refractivity contribution < 1.29 is 88.6 Å². The van der Waals surface area contributed by atoms with Crippen molar-refractivity contribution in [1.29, 1.82) is 0 Å². The van der Waals surface area contributed by atoms with Gasteiger partial charge in [0.2, 0.25) is 41.2 Å². The van der Waals surface area contributed by atoms with Gasteiger partial charge in [0.05, 0.1) is 10.0 Å². The lowest BCUT2D eigenvalue weighted by Crippen LogP contribution is -2.55. The molecule has 0 fully saturated rings. The van der Waals surface area contributed by atoms with Crippen molar-refractivity contribution in [2.75, 3.05) is 0 Å². The molecule has 0 saturated carbocycles. The van der Waals surface area contributed by atoms with E-state index < -0.39 is 152 Å². The average Bonchev–Trinajstić information content (AvgIpc) is 3.65. The fourth-order valence-corrected chi connectivity index (χ4v) is 10.7. The van der Waals surface area contributed by atoms with Crippen LogP contribution in [0.1, 0.15) is 75.3 Å². The first-order chi connectivity index (χ1) is 40.5. The summed E-state index contributed by atoms with van der Waals surface area (Å²) in [6.07, 6.45) is -2.47. The number of nitrogens with two attached hydrogens (primary N) is 1. The van der Waals surface area contributed by atoms with E-state index in [1.807, 2.05) is 0 Å². The Labute approximate surface area is 488 Å². The van der Waals surface area contributed by atoms with E-state index in [0.717, 1.165) is 60.7 Å². The summed E-state index contributed by atoms with van der Waals surface area (Å²) >= 11 is 13.7. The number of carbonyl (C=O) groups excluding carboxylic acids is 6. The maximum atomic E-state index is 15.7. The summed E-state index contributed by atoms with van der Waals surface area (Å²) in [6.45, 7) is 0. The Morgan fingerprint density at radius 2 is 1.07 bits per heavy atom. The predicted octanol–water partition coefficient (Wildman–Crippen LogP) is 4.98. The number of aromatic hydroxyl groups is 6. The number of aliphatic hydroxyl groups is 1. The monoisotopic (exact) mass is 1200 g/mol. The van der Waals surface area contributed by atoms with Crippen molar-refractivity contribution in [2.24, 2.45) is 5.73 Å². The Kier molecular flexibility index (Phi) is 14.6. The molecule has 8 atom stereocenters. The molecule has 0 spiro atoms. The molecule has 0 saturated heterocycles. The number of hydrogen-bond acceptors (Lipinski definition) is 18. The van der Waals surface area contributed by atoms with Gasteiger partial charge in [-0.2, -0.15) is 0 Å². The Morgan fingerprint density at radius 1 is 0.494 bits per heavy atom. The molecule has 13 rings (SSSR count). The topological polar surface area (TPSA) is 407 Å². The molecule has 0 unspecified atom stereocenters. The molecule has 16 N–H and O–H groups in total. The summed E-state index contributed by atoms with van der Waals surface area (Å²) in [6, 6.07) is 8.15. The van der Waals surface area contributed by atoms with Crippen LogP contribution in [0.25, 0.3) is 11.1 Å². The number of benzene rings is 7. The zero-order chi connectivity index (χ0) is 60.4. The van der Waals surface area contributed by atoms with Crippen LogP contribution < -0.4 is 51.8 Å². The molecule has 7 aromatic rings. The molecule has 85 heavy (non-hydrogen) atoms. The maximum absolute atomic E-state index is 15.7. The van der Waals surface area contributed by atoms with Gasteiger partial charge in [0.25, 0.3) is 0 Å². The molecule has 27 heteroatoms. The van der Waals surface area contributed by atoms with Crippen LogP contribution in [-0.2, 0) is 40.0 Å². The van der Waals surface area contributed by atoms with Gasteiger partial charge in [-0.25, -0.2) is 4.79 Å². The first kappa shape index (κ1) is 56.4. The van der Waals surface area contributed by atoms with Gasteiger partial charge in [-0.15, -0.1) is 0 Å². The lowest BCUT2D eigenvalue weighted by Gasteiger charge is -2.31. The van der Waals surface area contributed by atoms with Gasteiger partial charge in [0.15, 0.2) is 29.0 Å². The Bertz CT molecular complexity index is 4030. The van der Waals surface area contributed by atoms with E-state index in [1.165, 1.54) is 54.6 Å². The number of fused-ring (bicyclic) bond motifs is 14. The van der Waals surface area contributed by atoms with Crippen LogP contribution in [0.15, 0.2) is 115 Å². The minimum atomic E-state index is -2.19. The number of hydrogen-bond donors (Lipinski definition) is 15. The van der Waals surface area contributed by atoms with E-state index in [-0.39, 0.29) is 67.3 Å². The van der Waals surface area contributed by atoms with Gasteiger partial charge >= 0.3 is 5.97 Å². The van der Waals surface area contributed by atoms with Gasteiger partial charge in [-0.3, -0.25) is 28.8 Å². The van der Waals surface area contributed by atoms with E-state index in [4.69, 9.17) is 43.1 Å². The van der Waals surface area contributed by atoms with Crippen molar-refractivity contribution >= 4 is 64.6 Å². The number of aliphatic carboxylic acids is 1. The SMILES string of the molecule is N[C@H]1C(=O)N[C@@H]2Cc3ccc(c(Cl)c3)Oc3cc4cc(c3O)Oc3ccc(cc3Cl)[C@@H](O)[C@@H]3NC(=O)[C@@H](NC(=O)[C@@H]4NC(=O)[C@@H](NC2=O)c2cc(O)cc(c2)Oc2cc1ccc2O)c1ccc(O)c(c1)-c1c(O)cc(O)cc1[C@@H](C(=O)O)NC3=O. The maximum Gasteiger partial charge on any atom is 0.330 e. The van der Waals surface area contributed by atoms with E-state index in [0.29, 0.717) is 5.56 Å². The molecule has 434 valence electrons. The highest BCUT2D eigenvalue weighted by molar-refractivity contribution is 6.32. The van der Waals surface area contributed by atoms with E-state index in [1.54, 1.807) is 0 Å². The number of amides is 6. The fraction of sp³-hybridized carbons (Fsp3) is 0.155. The zero-order valence-corrected chi connectivity index (χ0v) is 44.8. The van der Waals surface area contributed by atoms with Gasteiger partial charge in [-0.1, -0.05) is 47.5 Å². The largest absolute Gasteiger partial charge is 0.508 e. The molecule has 0 aromatic heterocycles. The van der Waals surface area contributed by atoms with Gasteiger partial charge in [0, 0.05) is 35.2 Å². The summed E-state index contributed by atoms with van der Waals surface area (Å²) in [5.41, 5.74) is 4.41. The van der Waals surface area contributed by atoms with Gasteiger partial charge in [0.1, 0.15) is 82.6 Å². The fourth-order valence-electron chi connectivity index (χ4n) is 10.2. The lowest BCUT2D eigenvalue weighted by molar-refractivity contribution is -0.143. The second-order valence-electron chi connectivity index (χ2n) is 20.1. The number of halogens is 2. The highest BCUT2D eigenvalue weighted by Gasteiger charge is 2.41. The van der Waals surface area contributed by atoms with Crippen LogP contribution >= 0.6 is 23.2 Å². The smallest absolute Gasteiger partial charge is 0.330 e. The third-order valence-corrected chi connectivity index (χ3v) is 15.0. The second-order valence-corrected chi connectivity index (χ2v) is 20.9. The highest BCUT2D eigenvalue weighted by Crippen LogP contribution is 2.48. The molecule has 17 bridgehead atoms. The van der Waals surface area contributed by atoms with Gasteiger partial charge in [-0.05, 0) is 112 Å². The average molecular weight is 1200 g/mol. The molecule has 6 aliphatic heterocycles. The number of phenols is 6. The highest BCUT2D eigenvalue weighted by atomic mass is 35.5. The quantitative estimate of drug-likeness (QED) is 0.103. The van der Waals surface area contributed by atoms with Crippen LogP contribution in [0, 0.1) is 0 Å². The van der Waals surface area contributed by atoms with Crippen molar-refractivity contribution in [3.63, 3.8) is 0 Å². The molecule has 0 radical (unpaired) electrons. The van der Waals surface area contributed by atoms with Crippen molar-refractivity contribution in [3.05, 3.63) is 164 Å². The molecule has 7 aromatic carbocycles. The van der Waals surface area contributed by atoms with Crippen LogP contribution in [0.3, 0.4) is 0 Å². The summed E-state index contributed by atoms with van der Waals surface area (Å²) in [4.78, 5) is 103. The summed E-state index contributed by atoms with van der Waals surface area (Å²) in [7, 11) is 0. The number of rotatable bonds is 1. The molecular weight excluding hydrogens is 1150 g/mol. The van der Waals surface area contributed by atoms with Crippen molar-refractivity contribution in [2.45, 2.75) is 54.8 Å². The first-order valence-corrected chi connectivity index (χ1v) is 26.3. The summed E-state index contributed by atoms with van der Waals surface area (Å²) < 4.78 is 18.4. The van der Waals surface area contributed by atoms with Crippen LogP contribution in [0.5, 0.6) is 69.0 Å². The minimum absolute atomic E-state index is 0.119. The number of carbonyl (C=O) groups is 7. The molecule has 6 aliphatic rings. The van der Waals surface area contributed by atoms with Crippen LogP contribution in [-0.4, -0.2) is 94.3 Å². The number of phenolic OH excluding ortho intramolecular Hbond substituents is 6. The number of aliphatic hydroxyl groups excluding tert-OH is 1.